The highest BCUT2D eigenvalue weighted by Gasteiger charge is 2.18. The normalized spacial score (nSPS) is 11.4. The number of nitrogens with one attached hydrogen (secondary N) is 2. The van der Waals surface area contributed by atoms with Crippen molar-refractivity contribution in [2.24, 2.45) is 5.73 Å². The molecule has 0 fully saturated rings. The summed E-state index contributed by atoms with van der Waals surface area (Å²) in [5.41, 5.74) is 8.39. The van der Waals surface area contributed by atoms with Gasteiger partial charge in [0.05, 0.1) is 33.4 Å². The van der Waals surface area contributed by atoms with E-state index in [1.165, 1.54) is 0 Å². The SMILES string of the molecule is COc1ccc(C(Cc2ccccc2C)NC(=O)CNC(=O)CN)cc1OC. The number of rotatable bonds is 9. The Hall–Kier alpha value is -3.06. The van der Waals surface area contributed by atoms with E-state index < -0.39 is 0 Å². The van der Waals surface area contributed by atoms with Crippen molar-refractivity contribution < 1.29 is 19.1 Å². The lowest BCUT2D eigenvalue weighted by Gasteiger charge is -2.22. The molecule has 150 valence electrons. The summed E-state index contributed by atoms with van der Waals surface area (Å²) >= 11 is 0. The number of methoxy groups -OCH3 is 2. The molecule has 0 aromatic heterocycles. The Morgan fingerprint density at radius 3 is 2.39 bits per heavy atom. The molecule has 4 N–H and O–H groups in total. The molecule has 7 heteroatoms. The van der Waals surface area contributed by atoms with Gasteiger partial charge >= 0.3 is 0 Å². The number of hydrogen-bond donors (Lipinski definition) is 3. The van der Waals surface area contributed by atoms with Crippen LogP contribution in [0.15, 0.2) is 42.5 Å². The first-order valence-electron chi connectivity index (χ1n) is 9.01. The van der Waals surface area contributed by atoms with Crippen molar-refractivity contribution in [3.05, 3.63) is 59.2 Å². The molecule has 28 heavy (non-hydrogen) atoms. The summed E-state index contributed by atoms with van der Waals surface area (Å²) in [6.45, 7) is 1.74. The fourth-order valence-electron chi connectivity index (χ4n) is 2.88. The van der Waals surface area contributed by atoms with E-state index in [1.54, 1.807) is 20.3 Å². The number of nitrogens with two attached hydrogens (primary N) is 1. The molecule has 7 nitrogen and oxygen atoms in total. The second-order valence-corrected chi connectivity index (χ2v) is 6.35. The third kappa shape index (κ3) is 5.72. The zero-order valence-electron chi connectivity index (χ0n) is 16.5. The first-order valence-corrected chi connectivity index (χ1v) is 9.01. The lowest BCUT2D eigenvalue weighted by molar-refractivity contribution is -0.125. The van der Waals surface area contributed by atoms with Crippen molar-refractivity contribution in [3.8, 4) is 11.5 Å². The van der Waals surface area contributed by atoms with Gasteiger partial charge < -0.3 is 25.8 Å². The third-order valence-corrected chi connectivity index (χ3v) is 4.46. The molecule has 2 aromatic carbocycles. The van der Waals surface area contributed by atoms with E-state index in [4.69, 9.17) is 15.2 Å². The molecule has 0 aliphatic heterocycles. The van der Waals surface area contributed by atoms with Crippen LogP contribution in [-0.2, 0) is 16.0 Å². The Morgan fingerprint density at radius 2 is 1.75 bits per heavy atom. The van der Waals surface area contributed by atoms with Gasteiger partial charge in [0.1, 0.15) is 0 Å². The van der Waals surface area contributed by atoms with Gasteiger partial charge in [-0.15, -0.1) is 0 Å². The van der Waals surface area contributed by atoms with E-state index in [1.807, 2.05) is 43.3 Å². The quantitative estimate of drug-likeness (QED) is 0.607. The minimum atomic E-state index is -0.378. The number of carbonyl (C=O) groups is 2. The number of ether oxygens (including phenoxy) is 2. The van der Waals surface area contributed by atoms with Gasteiger partial charge in [-0.2, -0.15) is 0 Å². The van der Waals surface area contributed by atoms with Crippen LogP contribution in [0.1, 0.15) is 22.7 Å². The molecule has 2 rings (SSSR count). The second-order valence-electron chi connectivity index (χ2n) is 6.35. The second kappa shape index (κ2) is 10.3. The summed E-state index contributed by atoms with van der Waals surface area (Å²) in [5, 5.41) is 5.47. The topological polar surface area (TPSA) is 103 Å². The van der Waals surface area contributed by atoms with Gasteiger partial charge in [-0.1, -0.05) is 30.3 Å². The Balaban J connectivity index is 2.26. The zero-order valence-corrected chi connectivity index (χ0v) is 16.5. The minimum absolute atomic E-state index is 0.131. The van der Waals surface area contributed by atoms with Crippen LogP contribution in [0.4, 0.5) is 0 Å². The average molecular weight is 385 g/mol. The molecule has 0 saturated heterocycles. The van der Waals surface area contributed by atoms with E-state index in [9.17, 15) is 9.59 Å². The number of hydrogen-bond acceptors (Lipinski definition) is 5. The molecule has 0 spiro atoms. The van der Waals surface area contributed by atoms with Gasteiger partial charge in [-0.3, -0.25) is 9.59 Å². The Morgan fingerprint density at radius 1 is 1.04 bits per heavy atom. The Kier molecular flexibility index (Phi) is 7.83. The van der Waals surface area contributed by atoms with E-state index in [2.05, 4.69) is 10.6 Å². The van der Waals surface area contributed by atoms with Crippen molar-refractivity contribution in [3.63, 3.8) is 0 Å². The van der Waals surface area contributed by atoms with Crippen LogP contribution >= 0.6 is 0 Å². The number of benzene rings is 2. The molecule has 2 aromatic rings. The van der Waals surface area contributed by atoms with Crippen LogP contribution in [0.3, 0.4) is 0 Å². The molecule has 0 saturated carbocycles. The van der Waals surface area contributed by atoms with Crippen molar-refractivity contribution in [1.29, 1.82) is 0 Å². The maximum absolute atomic E-state index is 12.4. The molecule has 1 atom stereocenters. The Labute approximate surface area is 165 Å². The van der Waals surface area contributed by atoms with Crippen LogP contribution < -0.4 is 25.8 Å². The van der Waals surface area contributed by atoms with Crippen molar-refractivity contribution >= 4 is 11.8 Å². The van der Waals surface area contributed by atoms with Crippen LogP contribution in [-0.4, -0.2) is 39.1 Å². The highest BCUT2D eigenvalue weighted by Crippen LogP contribution is 2.31. The predicted octanol–water partition coefficient (Wildman–Crippen LogP) is 1.49. The van der Waals surface area contributed by atoms with Gasteiger partial charge in [0.25, 0.3) is 0 Å². The summed E-state index contributed by atoms with van der Waals surface area (Å²) in [5.74, 6) is 0.523. The lowest BCUT2D eigenvalue weighted by atomic mass is 9.95. The lowest BCUT2D eigenvalue weighted by Crippen LogP contribution is -2.41. The van der Waals surface area contributed by atoms with E-state index in [0.717, 1.165) is 16.7 Å². The summed E-state index contributed by atoms with van der Waals surface area (Å²) in [6, 6.07) is 13.3. The summed E-state index contributed by atoms with van der Waals surface area (Å²) in [4.78, 5) is 23.7. The van der Waals surface area contributed by atoms with Gasteiger partial charge in [-0.25, -0.2) is 0 Å². The molecule has 1 unspecified atom stereocenters. The first kappa shape index (κ1) is 21.2. The van der Waals surface area contributed by atoms with Crippen molar-refractivity contribution in [2.45, 2.75) is 19.4 Å². The van der Waals surface area contributed by atoms with Crippen LogP contribution in [0, 0.1) is 6.92 Å². The fraction of sp³-hybridized carbons (Fsp3) is 0.333. The summed E-state index contributed by atoms with van der Waals surface area (Å²) in [7, 11) is 3.14. The van der Waals surface area contributed by atoms with Gasteiger partial charge in [0.2, 0.25) is 11.8 Å². The maximum atomic E-state index is 12.4. The van der Waals surface area contributed by atoms with Crippen molar-refractivity contribution in [2.75, 3.05) is 27.3 Å². The molecular formula is C21H27N3O4. The highest BCUT2D eigenvalue weighted by atomic mass is 16.5. The molecule has 0 bridgehead atoms. The summed E-state index contributed by atoms with van der Waals surface area (Å²) in [6.07, 6.45) is 0.596. The van der Waals surface area contributed by atoms with Crippen LogP contribution in [0.5, 0.6) is 11.5 Å². The molecule has 2 amide bonds. The van der Waals surface area contributed by atoms with E-state index in [0.29, 0.717) is 17.9 Å². The molecule has 0 aliphatic carbocycles. The van der Waals surface area contributed by atoms with Gasteiger partial charge in [0, 0.05) is 0 Å². The van der Waals surface area contributed by atoms with Crippen LogP contribution in [0.2, 0.25) is 0 Å². The molecule has 0 heterocycles. The zero-order chi connectivity index (χ0) is 20.5. The van der Waals surface area contributed by atoms with E-state index in [-0.39, 0.29) is 30.9 Å². The standard InChI is InChI=1S/C21H27N3O4/c1-14-6-4-5-7-15(14)10-17(24-21(26)13-23-20(25)12-22)16-8-9-18(27-2)19(11-16)28-3/h4-9,11,17H,10,12-13,22H2,1-3H3,(H,23,25)(H,24,26). The minimum Gasteiger partial charge on any atom is -0.493 e. The average Bonchev–Trinajstić information content (AvgIpc) is 2.72. The third-order valence-electron chi connectivity index (χ3n) is 4.46. The first-order chi connectivity index (χ1) is 13.5. The molecule has 0 aliphatic rings. The maximum Gasteiger partial charge on any atom is 0.239 e. The van der Waals surface area contributed by atoms with Gasteiger partial charge in [-0.05, 0) is 42.2 Å². The van der Waals surface area contributed by atoms with Gasteiger partial charge in [0.15, 0.2) is 11.5 Å². The summed E-state index contributed by atoms with van der Waals surface area (Å²) < 4.78 is 10.7. The predicted molar refractivity (Wildman–Crippen MR) is 107 cm³/mol. The number of amides is 2. The monoisotopic (exact) mass is 385 g/mol. The largest absolute Gasteiger partial charge is 0.493 e. The Bertz CT molecular complexity index is 823. The number of aryl methyl sites for hydroxylation is 1. The number of carbonyl (C=O) groups excluding carboxylic acids is 2. The fourth-order valence-corrected chi connectivity index (χ4v) is 2.88. The molecule has 0 radical (unpaired) electrons. The van der Waals surface area contributed by atoms with E-state index >= 15 is 0 Å². The van der Waals surface area contributed by atoms with Crippen LogP contribution in [0.25, 0.3) is 0 Å². The highest BCUT2D eigenvalue weighted by molar-refractivity contribution is 5.85. The van der Waals surface area contributed by atoms with Crippen molar-refractivity contribution in [1.82, 2.24) is 10.6 Å². The molecular weight excluding hydrogens is 358 g/mol. The smallest absolute Gasteiger partial charge is 0.239 e.